The second-order valence-electron chi connectivity index (χ2n) is 6.02. The van der Waals surface area contributed by atoms with Crippen molar-refractivity contribution in [2.45, 2.75) is 62.8 Å². The van der Waals surface area contributed by atoms with Crippen LogP contribution in [0.2, 0.25) is 0 Å². The van der Waals surface area contributed by atoms with Gasteiger partial charge in [0.2, 0.25) is 0 Å². The van der Waals surface area contributed by atoms with Crippen molar-refractivity contribution in [3.63, 3.8) is 0 Å². The van der Waals surface area contributed by atoms with E-state index in [-0.39, 0.29) is 24.3 Å². The largest absolute Gasteiger partial charge is 0.380 e. The van der Waals surface area contributed by atoms with Gasteiger partial charge >= 0.3 is 0 Å². The molecule has 2 fully saturated rings. The van der Waals surface area contributed by atoms with E-state index in [4.69, 9.17) is 20.9 Å². The molecule has 0 heterocycles. The number of nitrogens with two attached hydrogens (primary N) is 2. The fraction of sp³-hybridized carbons (Fsp3) is 1.00. The van der Waals surface area contributed by atoms with Crippen LogP contribution in [0.5, 0.6) is 0 Å². The minimum atomic E-state index is 0.218. The summed E-state index contributed by atoms with van der Waals surface area (Å²) in [6, 6.07) is 0.436. The highest BCUT2D eigenvalue weighted by atomic mass is 16.5. The summed E-state index contributed by atoms with van der Waals surface area (Å²) in [7, 11) is 3.56. The van der Waals surface area contributed by atoms with Crippen LogP contribution in [0.4, 0.5) is 0 Å². The van der Waals surface area contributed by atoms with E-state index in [1.54, 1.807) is 14.2 Å². The number of hydrogen-bond donors (Lipinski definition) is 2. The van der Waals surface area contributed by atoms with Gasteiger partial charge in [0, 0.05) is 26.3 Å². The Morgan fingerprint density at radius 2 is 1.11 bits per heavy atom. The van der Waals surface area contributed by atoms with Crippen molar-refractivity contribution in [2.75, 3.05) is 14.2 Å². The predicted molar refractivity (Wildman–Crippen MR) is 72.2 cm³/mol. The first-order chi connectivity index (χ1) is 8.65. The number of methoxy groups -OCH3 is 2. The quantitative estimate of drug-likeness (QED) is 0.798. The van der Waals surface area contributed by atoms with E-state index < -0.39 is 0 Å². The van der Waals surface area contributed by atoms with Gasteiger partial charge in [-0.05, 0) is 50.4 Å². The molecular weight excluding hydrogens is 228 g/mol. The van der Waals surface area contributed by atoms with Gasteiger partial charge in [-0.15, -0.1) is 0 Å². The molecule has 4 nitrogen and oxygen atoms in total. The predicted octanol–water partition coefficient (Wildman–Crippen LogP) is 1.27. The second-order valence-corrected chi connectivity index (χ2v) is 6.02. The molecule has 2 rings (SSSR count). The van der Waals surface area contributed by atoms with Crippen LogP contribution in [-0.4, -0.2) is 38.5 Å². The number of hydrogen-bond acceptors (Lipinski definition) is 4. The maximum atomic E-state index is 6.09. The molecule has 2 aliphatic rings. The molecule has 0 bridgehead atoms. The zero-order valence-electron chi connectivity index (χ0n) is 11.7. The molecule has 18 heavy (non-hydrogen) atoms. The van der Waals surface area contributed by atoms with E-state index >= 15 is 0 Å². The third-order valence-corrected chi connectivity index (χ3v) is 5.04. The van der Waals surface area contributed by atoms with E-state index in [9.17, 15) is 0 Å². The van der Waals surface area contributed by atoms with Crippen LogP contribution in [0.25, 0.3) is 0 Å². The molecule has 6 atom stereocenters. The normalized spacial score (nSPS) is 46.0. The van der Waals surface area contributed by atoms with Crippen molar-refractivity contribution in [3.8, 4) is 0 Å². The van der Waals surface area contributed by atoms with Crippen LogP contribution in [0.15, 0.2) is 0 Å². The van der Waals surface area contributed by atoms with E-state index in [0.29, 0.717) is 0 Å². The molecule has 0 saturated heterocycles. The number of ether oxygens (including phenoxy) is 2. The zero-order chi connectivity index (χ0) is 13.1. The highest BCUT2D eigenvalue weighted by molar-refractivity contribution is 4.91. The Bertz CT molecular complexity index is 236. The van der Waals surface area contributed by atoms with Gasteiger partial charge in [0.1, 0.15) is 0 Å². The van der Waals surface area contributed by atoms with Crippen molar-refractivity contribution in [1.29, 1.82) is 0 Å². The molecular formula is C14H28N2O2. The summed E-state index contributed by atoms with van der Waals surface area (Å²) in [6.45, 7) is 0. The lowest BCUT2D eigenvalue weighted by atomic mass is 9.70. The van der Waals surface area contributed by atoms with E-state index in [0.717, 1.165) is 37.5 Å². The van der Waals surface area contributed by atoms with Crippen LogP contribution in [-0.2, 0) is 9.47 Å². The van der Waals surface area contributed by atoms with Gasteiger partial charge in [-0.2, -0.15) is 0 Å². The Labute approximate surface area is 110 Å². The topological polar surface area (TPSA) is 70.5 Å². The molecule has 106 valence electrons. The fourth-order valence-corrected chi connectivity index (χ4v) is 3.77. The van der Waals surface area contributed by atoms with Crippen molar-refractivity contribution < 1.29 is 9.47 Å². The van der Waals surface area contributed by atoms with Crippen molar-refractivity contribution in [2.24, 2.45) is 23.3 Å². The zero-order valence-corrected chi connectivity index (χ0v) is 11.7. The Morgan fingerprint density at radius 3 is 1.44 bits per heavy atom. The molecule has 0 aromatic rings. The summed E-state index contributed by atoms with van der Waals surface area (Å²) >= 11 is 0. The highest BCUT2D eigenvalue weighted by Crippen LogP contribution is 2.39. The SMILES string of the molecule is COC1CC(C2CCC(N)C(OC)C2)CCC1N. The monoisotopic (exact) mass is 256 g/mol. The Morgan fingerprint density at radius 1 is 0.722 bits per heavy atom. The maximum absolute atomic E-state index is 6.09. The molecule has 0 spiro atoms. The molecule has 0 aliphatic heterocycles. The molecule has 2 aliphatic carbocycles. The first kappa shape index (κ1) is 14.3. The van der Waals surface area contributed by atoms with Gasteiger partial charge in [-0.1, -0.05) is 0 Å². The summed E-state index contributed by atoms with van der Waals surface area (Å²) in [6.07, 6.45) is 7.32. The molecule has 0 radical (unpaired) electrons. The second kappa shape index (κ2) is 6.33. The average Bonchev–Trinajstić information content (AvgIpc) is 2.40. The van der Waals surface area contributed by atoms with Crippen LogP contribution in [0, 0.1) is 11.8 Å². The summed E-state index contributed by atoms with van der Waals surface area (Å²) < 4.78 is 11.0. The molecule has 6 unspecified atom stereocenters. The highest BCUT2D eigenvalue weighted by Gasteiger charge is 2.37. The third-order valence-electron chi connectivity index (χ3n) is 5.04. The van der Waals surface area contributed by atoms with Gasteiger partial charge < -0.3 is 20.9 Å². The van der Waals surface area contributed by atoms with E-state index in [1.807, 2.05) is 0 Å². The van der Waals surface area contributed by atoms with Gasteiger partial charge in [0.25, 0.3) is 0 Å². The number of rotatable bonds is 3. The van der Waals surface area contributed by atoms with Crippen LogP contribution in [0.3, 0.4) is 0 Å². The molecule has 0 aromatic heterocycles. The van der Waals surface area contributed by atoms with E-state index in [1.165, 1.54) is 12.8 Å². The summed E-state index contributed by atoms with van der Waals surface area (Å²) in [4.78, 5) is 0. The van der Waals surface area contributed by atoms with E-state index in [2.05, 4.69) is 0 Å². The van der Waals surface area contributed by atoms with Gasteiger partial charge in [0.05, 0.1) is 12.2 Å². The fourth-order valence-electron chi connectivity index (χ4n) is 3.77. The van der Waals surface area contributed by atoms with Crippen LogP contribution in [0.1, 0.15) is 38.5 Å². The standard InChI is InChI=1S/C14H28N2O2/c1-17-13-7-9(3-5-11(13)15)10-4-6-12(16)14(8-10)18-2/h9-14H,3-8,15-16H2,1-2H3. The Balaban J connectivity index is 1.91. The smallest absolute Gasteiger partial charge is 0.0724 e. The lowest BCUT2D eigenvalue weighted by Crippen LogP contribution is -2.46. The molecule has 0 amide bonds. The average molecular weight is 256 g/mol. The minimum absolute atomic E-state index is 0.218. The van der Waals surface area contributed by atoms with Gasteiger partial charge in [-0.3, -0.25) is 0 Å². The lowest BCUT2D eigenvalue weighted by Gasteiger charge is -2.41. The minimum Gasteiger partial charge on any atom is -0.380 e. The first-order valence-electron chi connectivity index (χ1n) is 7.22. The molecule has 2 saturated carbocycles. The van der Waals surface area contributed by atoms with Crippen molar-refractivity contribution in [3.05, 3.63) is 0 Å². The first-order valence-corrected chi connectivity index (χ1v) is 7.22. The van der Waals surface area contributed by atoms with Crippen LogP contribution < -0.4 is 11.5 Å². The lowest BCUT2D eigenvalue weighted by molar-refractivity contribution is -0.0129. The Hall–Kier alpha value is -0.160. The van der Waals surface area contributed by atoms with Gasteiger partial charge in [0.15, 0.2) is 0 Å². The van der Waals surface area contributed by atoms with Gasteiger partial charge in [-0.25, -0.2) is 0 Å². The third kappa shape index (κ3) is 3.05. The Kier molecular flexibility index (Phi) is 5.01. The summed E-state index contributed by atoms with van der Waals surface area (Å²) in [5.41, 5.74) is 12.2. The van der Waals surface area contributed by atoms with Crippen molar-refractivity contribution in [1.82, 2.24) is 0 Å². The summed E-state index contributed by atoms with van der Waals surface area (Å²) in [5, 5.41) is 0. The van der Waals surface area contributed by atoms with Crippen molar-refractivity contribution >= 4 is 0 Å². The maximum Gasteiger partial charge on any atom is 0.0724 e. The summed E-state index contributed by atoms with van der Waals surface area (Å²) in [5.74, 6) is 1.47. The van der Waals surface area contributed by atoms with Crippen LogP contribution >= 0.6 is 0 Å². The molecule has 4 N–H and O–H groups in total. The molecule has 0 aromatic carbocycles. The molecule has 4 heteroatoms.